The number of ether oxygens (including phenoxy) is 3. The average Bonchev–Trinajstić information content (AvgIpc) is 2.73. The summed E-state index contributed by atoms with van der Waals surface area (Å²) in [6.07, 6.45) is -0.174. The van der Waals surface area contributed by atoms with Gasteiger partial charge in [-0.25, -0.2) is 4.79 Å². The summed E-state index contributed by atoms with van der Waals surface area (Å²) in [5.41, 5.74) is 5.56. The number of Topliss-reactive ketones (excluding diaryl/α,β-unsaturated/α-hetero) is 1. The van der Waals surface area contributed by atoms with Gasteiger partial charge in [-0.3, -0.25) is 24.0 Å². The molecule has 13 heteroatoms. The molecule has 12 nitrogen and oxygen atoms in total. The molecule has 2 atom stereocenters. The van der Waals surface area contributed by atoms with Crippen molar-refractivity contribution in [3.05, 3.63) is 0 Å². The first-order valence-electron chi connectivity index (χ1n) is 8.91. The number of thioether (sulfide) groups is 1. The molecule has 0 saturated carbocycles. The Hall–Kier alpha value is -2.67. The van der Waals surface area contributed by atoms with E-state index in [1.807, 2.05) is 0 Å². The second kappa shape index (κ2) is 15.2. The van der Waals surface area contributed by atoms with Crippen molar-refractivity contribution in [2.24, 2.45) is 5.73 Å². The van der Waals surface area contributed by atoms with Gasteiger partial charge in [0.25, 0.3) is 0 Å². The Morgan fingerprint density at radius 1 is 1.07 bits per heavy atom. The topological polar surface area (TPSA) is 180 Å². The third kappa shape index (κ3) is 11.4. The molecule has 0 aromatic carbocycles. The van der Waals surface area contributed by atoms with Crippen molar-refractivity contribution in [3.8, 4) is 0 Å². The van der Waals surface area contributed by atoms with Gasteiger partial charge >= 0.3 is 17.9 Å². The highest BCUT2D eigenvalue weighted by Crippen LogP contribution is 2.06. The first kappa shape index (κ1) is 27.3. The van der Waals surface area contributed by atoms with Gasteiger partial charge in [-0.1, -0.05) is 0 Å². The van der Waals surface area contributed by atoms with Crippen molar-refractivity contribution in [1.29, 1.82) is 0 Å². The van der Waals surface area contributed by atoms with Gasteiger partial charge in [-0.05, 0) is 13.3 Å². The van der Waals surface area contributed by atoms with E-state index in [-0.39, 0.29) is 31.0 Å². The molecular formula is C17H27N3O9S. The molecule has 0 bridgehead atoms. The quantitative estimate of drug-likeness (QED) is 0.150. The summed E-state index contributed by atoms with van der Waals surface area (Å²) in [5, 5.41) is 4.74. The summed E-state index contributed by atoms with van der Waals surface area (Å²) in [7, 11) is 2.31. The molecule has 0 aliphatic rings. The fourth-order valence-electron chi connectivity index (χ4n) is 1.90. The Morgan fingerprint density at radius 2 is 1.73 bits per heavy atom. The number of esters is 3. The average molecular weight is 449 g/mol. The van der Waals surface area contributed by atoms with Gasteiger partial charge in [0.2, 0.25) is 17.6 Å². The van der Waals surface area contributed by atoms with Crippen LogP contribution in [0.1, 0.15) is 19.8 Å². The lowest BCUT2D eigenvalue weighted by molar-refractivity contribution is -0.152. The van der Waals surface area contributed by atoms with Gasteiger partial charge < -0.3 is 30.6 Å². The van der Waals surface area contributed by atoms with E-state index in [1.165, 1.54) is 7.11 Å². The minimum Gasteiger partial charge on any atom is -0.468 e. The predicted molar refractivity (Wildman–Crippen MR) is 105 cm³/mol. The molecule has 0 fully saturated rings. The maximum absolute atomic E-state index is 12.3. The molecule has 0 saturated heterocycles. The number of rotatable bonds is 14. The van der Waals surface area contributed by atoms with Gasteiger partial charge in [-0.15, -0.1) is 0 Å². The number of nitrogens with one attached hydrogen (secondary N) is 2. The molecular weight excluding hydrogens is 422 g/mol. The van der Waals surface area contributed by atoms with E-state index in [4.69, 9.17) is 5.73 Å². The SMILES string of the molecule is CCOC(=O)C(=O)CSCC(NC(=O)CCC(N)C(=O)OC)C(=O)NCC(=O)OC. The van der Waals surface area contributed by atoms with Gasteiger partial charge in [0.05, 0.1) is 26.6 Å². The molecule has 30 heavy (non-hydrogen) atoms. The Bertz CT molecular complexity index is 642. The van der Waals surface area contributed by atoms with E-state index in [2.05, 4.69) is 24.8 Å². The van der Waals surface area contributed by atoms with Crippen molar-refractivity contribution >= 4 is 47.3 Å². The number of ketones is 1. The van der Waals surface area contributed by atoms with E-state index in [0.29, 0.717) is 0 Å². The monoisotopic (exact) mass is 449 g/mol. The Kier molecular flexibility index (Phi) is 13.9. The molecule has 0 aromatic heterocycles. The summed E-state index contributed by atoms with van der Waals surface area (Å²) < 4.78 is 13.5. The molecule has 0 aliphatic heterocycles. The van der Waals surface area contributed by atoms with Crippen molar-refractivity contribution < 1.29 is 43.0 Å². The highest BCUT2D eigenvalue weighted by Gasteiger charge is 2.24. The summed E-state index contributed by atoms with van der Waals surface area (Å²) in [6.45, 7) is 1.19. The maximum Gasteiger partial charge on any atom is 0.375 e. The van der Waals surface area contributed by atoms with Crippen LogP contribution in [-0.2, 0) is 43.0 Å². The van der Waals surface area contributed by atoms with Crippen LogP contribution in [0.4, 0.5) is 0 Å². The van der Waals surface area contributed by atoms with E-state index in [0.717, 1.165) is 18.9 Å². The lowest BCUT2D eigenvalue weighted by Crippen LogP contribution is -2.49. The van der Waals surface area contributed by atoms with Crippen molar-refractivity contribution in [1.82, 2.24) is 10.6 Å². The van der Waals surface area contributed by atoms with Crippen LogP contribution in [0.2, 0.25) is 0 Å². The number of carbonyl (C=O) groups excluding carboxylic acids is 6. The van der Waals surface area contributed by atoms with Gasteiger partial charge in [0.15, 0.2) is 0 Å². The first-order valence-corrected chi connectivity index (χ1v) is 10.1. The van der Waals surface area contributed by atoms with Crippen LogP contribution >= 0.6 is 11.8 Å². The Morgan fingerprint density at radius 3 is 2.30 bits per heavy atom. The molecule has 0 aromatic rings. The third-order valence-corrected chi connectivity index (χ3v) is 4.53. The lowest BCUT2D eigenvalue weighted by atomic mass is 10.1. The molecule has 2 unspecified atom stereocenters. The highest BCUT2D eigenvalue weighted by atomic mass is 32.2. The summed E-state index contributed by atoms with van der Waals surface area (Å²) in [6, 6.07) is -2.11. The van der Waals surface area contributed by atoms with Crippen LogP contribution in [0.5, 0.6) is 0 Å². The highest BCUT2D eigenvalue weighted by molar-refractivity contribution is 8.00. The number of amides is 2. The second-order valence-corrected chi connectivity index (χ2v) is 6.77. The number of carbonyl (C=O) groups is 6. The Balaban J connectivity index is 4.81. The van der Waals surface area contributed by atoms with Crippen molar-refractivity contribution in [2.75, 3.05) is 38.9 Å². The molecule has 0 aliphatic carbocycles. The Labute approximate surface area is 177 Å². The third-order valence-electron chi connectivity index (χ3n) is 3.49. The van der Waals surface area contributed by atoms with Crippen LogP contribution in [0, 0.1) is 0 Å². The minimum atomic E-state index is -1.11. The largest absolute Gasteiger partial charge is 0.468 e. The number of hydrogen-bond acceptors (Lipinski definition) is 11. The van der Waals surface area contributed by atoms with Gasteiger partial charge in [0, 0.05) is 12.2 Å². The molecule has 0 radical (unpaired) electrons. The normalized spacial score (nSPS) is 12.1. The lowest BCUT2D eigenvalue weighted by Gasteiger charge is -2.18. The maximum atomic E-state index is 12.3. The van der Waals surface area contributed by atoms with E-state index < -0.39 is 54.1 Å². The predicted octanol–water partition coefficient (Wildman–Crippen LogP) is -2.09. The summed E-state index contributed by atoms with van der Waals surface area (Å²) >= 11 is 0.926. The zero-order valence-electron chi connectivity index (χ0n) is 17.1. The smallest absolute Gasteiger partial charge is 0.375 e. The number of hydrogen-bond donors (Lipinski definition) is 3. The van der Waals surface area contributed by atoms with Crippen molar-refractivity contribution in [2.45, 2.75) is 31.8 Å². The fourth-order valence-corrected chi connectivity index (χ4v) is 2.79. The molecule has 2 amide bonds. The second-order valence-electron chi connectivity index (χ2n) is 5.74. The van der Waals surface area contributed by atoms with E-state index >= 15 is 0 Å². The number of nitrogens with two attached hydrogens (primary N) is 1. The summed E-state index contributed by atoms with van der Waals surface area (Å²) in [5.74, 6) is -4.74. The van der Waals surface area contributed by atoms with Gasteiger partial charge in [-0.2, -0.15) is 11.8 Å². The molecule has 0 spiro atoms. The first-order chi connectivity index (χ1) is 14.2. The molecule has 4 N–H and O–H groups in total. The van der Waals surface area contributed by atoms with Crippen LogP contribution in [0.15, 0.2) is 0 Å². The summed E-state index contributed by atoms with van der Waals surface area (Å²) in [4.78, 5) is 69.8. The van der Waals surface area contributed by atoms with Crippen LogP contribution in [-0.4, -0.2) is 86.5 Å². The number of methoxy groups -OCH3 is 2. The zero-order chi connectivity index (χ0) is 23.1. The standard InChI is InChI=1S/C17H27N3O9S/c1-4-29-17(26)12(21)9-30-8-11(15(24)19-7-14(23)27-2)20-13(22)6-5-10(18)16(25)28-3/h10-11H,4-9,18H2,1-3H3,(H,19,24)(H,20,22). The molecule has 0 rings (SSSR count). The van der Waals surface area contributed by atoms with Crippen LogP contribution < -0.4 is 16.4 Å². The fraction of sp³-hybridized carbons (Fsp3) is 0.647. The zero-order valence-corrected chi connectivity index (χ0v) is 17.9. The minimum absolute atomic E-state index is 0.0104. The van der Waals surface area contributed by atoms with E-state index in [1.54, 1.807) is 6.92 Å². The van der Waals surface area contributed by atoms with Crippen LogP contribution in [0.25, 0.3) is 0 Å². The van der Waals surface area contributed by atoms with E-state index in [9.17, 15) is 28.8 Å². The molecule has 0 heterocycles. The van der Waals surface area contributed by atoms with Crippen molar-refractivity contribution in [3.63, 3.8) is 0 Å². The van der Waals surface area contributed by atoms with Crippen LogP contribution in [0.3, 0.4) is 0 Å². The van der Waals surface area contributed by atoms with Gasteiger partial charge in [0.1, 0.15) is 18.6 Å². The molecule has 170 valence electrons.